The Hall–Kier alpha value is -0.180. The van der Waals surface area contributed by atoms with Crippen molar-refractivity contribution in [2.24, 2.45) is 16.8 Å². The Kier molecular flexibility index (Phi) is 4.06. The van der Waals surface area contributed by atoms with Crippen LogP contribution >= 0.6 is 11.8 Å². The van der Waals surface area contributed by atoms with Gasteiger partial charge >= 0.3 is 0 Å². The molecule has 3 heteroatoms. The molecule has 1 unspecified atom stereocenters. The lowest BCUT2D eigenvalue weighted by Gasteiger charge is -2.27. The van der Waals surface area contributed by atoms with E-state index in [1.54, 1.807) is 0 Å². The minimum atomic E-state index is 0.245. The van der Waals surface area contributed by atoms with Gasteiger partial charge in [-0.2, -0.15) is 0 Å². The summed E-state index contributed by atoms with van der Waals surface area (Å²) < 4.78 is 0. The van der Waals surface area contributed by atoms with Crippen LogP contribution in [-0.2, 0) is 0 Å². The Balaban J connectivity index is 1.84. The van der Waals surface area contributed by atoms with Crippen molar-refractivity contribution in [2.45, 2.75) is 64.2 Å². The maximum Gasteiger partial charge on any atom is 0.157 e. The summed E-state index contributed by atoms with van der Waals surface area (Å²) in [7, 11) is 0. The van der Waals surface area contributed by atoms with Crippen molar-refractivity contribution in [1.29, 1.82) is 0 Å². The van der Waals surface area contributed by atoms with Gasteiger partial charge in [0.1, 0.15) is 0 Å². The van der Waals surface area contributed by atoms with E-state index < -0.39 is 0 Å². The van der Waals surface area contributed by atoms with E-state index in [1.807, 2.05) is 11.8 Å². The van der Waals surface area contributed by atoms with Crippen LogP contribution in [-0.4, -0.2) is 22.5 Å². The number of amidine groups is 1. The smallest absolute Gasteiger partial charge is 0.157 e. The number of aliphatic imine (C=N–C) groups is 1. The molecule has 17 heavy (non-hydrogen) atoms. The van der Waals surface area contributed by atoms with Crippen LogP contribution in [0.2, 0.25) is 0 Å². The van der Waals surface area contributed by atoms with Gasteiger partial charge in [0, 0.05) is 10.8 Å². The van der Waals surface area contributed by atoms with E-state index >= 15 is 0 Å². The van der Waals surface area contributed by atoms with Crippen LogP contribution in [0.25, 0.3) is 0 Å². The summed E-state index contributed by atoms with van der Waals surface area (Å²) in [6, 6.07) is 0. The average Bonchev–Trinajstić information content (AvgIpc) is 3.05. The maximum atomic E-state index is 4.70. The lowest BCUT2D eigenvalue weighted by molar-refractivity contribution is 0.404. The van der Waals surface area contributed by atoms with Gasteiger partial charge in [-0.05, 0) is 38.5 Å². The summed E-state index contributed by atoms with van der Waals surface area (Å²) in [6.07, 6.45) is 5.33. The number of nitrogens with one attached hydrogen (secondary N) is 1. The van der Waals surface area contributed by atoms with Crippen molar-refractivity contribution in [2.75, 3.05) is 6.54 Å². The number of thioether (sulfide) groups is 1. The summed E-state index contributed by atoms with van der Waals surface area (Å²) in [4.78, 5) is 4.70. The molecule has 98 valence electrons. The number of rotatable bonds is 5. The fourth-order valence-corrected chi connectivity index (χ4v) is 4.19. The molecule has 2 nitrogen and oxygen atoms in total. The Morgan fingerprint density at radius 3 is 2.53 bits per heavy atom. The highest BCUT2D eigenvalue weighted by molar-refractivity contribution is 8.14. The first kappa shape index (κ1) is 13.3. The van der Waals surface area contributed by atoms with Crippen LogP contribution in [0.1, 0.15) is 53.4 Å². The summed E-state index contributed by atoms with van der Waals surface area (Å²) in [5.74, 6) is 1.69. The van der Waals surface area contributed by atoms with Crippen LogP contribution in [0.3, 0.4) is 0 Å². The predicted molar refractivity (Wildman–Crippen MR) is 77.7 cm³/mol. The molecule has 0 aromatic carbocycles. The summed E-state index contributed by atoms with van der Waals surface area (Å²) in [6.45, 7) is 10.2. The zero-order valence-corrected chi connectivity index (χ0v) is 12.4. The van der Waals surface area contributed by atoms with Crippen LogP contribution in [0.4, 0.5) is 0 Å². The van der Waals surface area contributed by atoms with Crippen molar-refractivity contribution in [3.63, 3.8) is 0 Å². The fraction of sp³-hybridized carbons (Fsp3) is 0.929. The molecule has 1 heterocycles. The van der Waals surface area contributed by atoms with Crippen LogP contribution in [0, 0.1) is 11.8 Å². The Morgan fingerprint density at radius 1 is 1.35 bits per heavy atom. The second-order valence-corrected chi connectivity index (χ2v) is 7.23. The van der Waals surface area contributed by atoms with Gasteiger partial charge in [-0.15, -0.1) is 0 Å². The van der Waals surface area contributed by atoms with Crippen molar-refractivity contribution < 1.29 is 0 Å². The van der Waals surface area contributed by atoms with Gasteiger partial charge in [0.05, 0.1) is 6.54 Å². The minimum Gasteiger partial charge on any atom is -0.360 e. The Bertz CT molecular complexity index is 291. The molecule has 2 rings (SSSR count). The number of hydrogen-bond acceptors (Lipinski definition) is 3. The molecule has 0 aromatic rings. The summed E-state index contributed by atoms with van der Waals surface area (Å²) in [5, 5.41) is 5.57. The van der Waals surface area contributed by atoms with Gasteiger partial charge in [-0.25, -0.2) is 0 Å². The maximum absolute atomic E-state index is 4.70. The van der Waals surface area contributed by atoms with E-state index in [2.05, 4.69) is 33.0 Å². The lowest BCUT2D eigenvalue weighted by atomic mass is 9.99. The van der Waals surface area contributed by atoms with Gasteiger partial charge in [0.15, 0.2) is 5.17 Å². The molecule has 1 N–H and O–H groups in total. The van der Waals surface area contributed by atoms with Gasteiger partial charge in [0.2, 0.25) is 0 Å². The molecule has 0 radical (unpaired) electrons. The van der Waals surface area contributed by atoms with Crippen LogP contribution in [0.5, 0.6) is 0 Å². The molecule has 2 aliphatic rings. The Morgan fingerprint density at radius 2 is 2.00 bits per heavy atom. The third kappa shape index (κ3) is 3.18. The van der Waals surface area contributed by atoms with Crippen molar-refractivity contribution >= 4 is 16.9 Å². The monoisotopic (exact) mass is 254 g/mol. The molecule has 1 atom stereocenters. The first-order chi connectivity index (χ1) is 8.06. The molecular weight excluding hydrogens is 228 g/mol. The van der Waals surface area contributed by atoms with Crippen molar-refractivity contribution in [3.8, 4) is 0 Å². The Labute approximate surface area is 110 Å². The summed E-state index contributed by atoms with van der Waals surface area (Å²) in [5.41, 5.74) is 0.245. The molecule has 0 amide bonds. The lowest BCUT2D eigenvalue weighted by Crippen LogP contribution is -2.43. The quantitative estimate of drug-likeness (QED) is 0.809. The molecule has 1 aliphatic carbocycles. The van der Waals surface area contributed by atoms with Gasteiger partial charge in [0.25, 0.3) is 0 Å². The van der Waals surface area contributed by atoms with E-state index in [0.29, 0.717) is 5.25 Å². The topological polar surface area (TPSA) is 24.4 Å². The van der Waals surface area contributed by atoms with Crippen molar-refractivity contribution in [3.05, 3.63) is 0 Å². The first-order valence-corrected chi connectivity index (χ1v) is 7.94. The first-order valence-electron chi connectivity index (χ1n) is 7.06. The van der Waals surface area contributed by atoms with Gasteiger partial charge in [-0.1, -0.05) is 38.5 Å². The van der Waals surface area contributed by atoms with E-state index in [0.717, 1.165) is 18.4 Å². The standard InChI is InChI=1S/C14H26N2S/c1-5-10(6-2)12-9-15-13(17-12)16-14(3,4)11-7-8-11/h10-12H,5-9H2,1-4H3,(H,15,16). The number of nitrogens with zero attached hydrogens (tertiary/aromatic N) is 1. The number of hydrogen-bond donors (Lipinski definition) is 1. The SMILES string of the molecule is CCC(CC)C1CN=C(NC(C)(C)C2CC2)S1. The predicted octanol–water partition coefficient (Wildman–Crippen LogP) is 3.67. The molecule has 0 bridgehead atoms. The van der Waals surface area contributed by atoms with E-state index in [1.165, 1.54) is 30.9 Å². The third-order valence-electron chi connectivity index (χ3n) is 4.28. The highest BCUT2D eigenvalue weighted by atomic mass is 32.2. The normalized spacial score (nSPS) is 25.2. The largest absolute Gasteiger partial charge is 0.360 e. The van der Waals surface area contributed by atoms with Gasteiger partial charge < -0.3 is 5.32 Å². The minimum absolute atomic E-state index is 0.245. The molecule has 0 saturated heterocycles. The third-order valence-corrected chi connectivity index (χ3v) is 5.57. The molecule has 0 spiro atoms. The molecule has 1 saturated carbocycles. The highest BCUT2D eigenvalue weighted by Crippen LogP contribution is 2.40. The van der Waals surface area contributed by atoms with Gasteiger partial charge in [-0.3, -0.25) is 4.99 Å². The highest BCUT2D eigenvalue weighted by Gasteiger charge is 2.39. The zero-order chi connectivity index (χ0) is 12.5. The van der Waals surface area contributed by atoms with E-state index in [-0.39, 0.29) is 5.54 Å². The van der Waals surface area contributed by atoms with Crippen molar-refractivity contribution in [1.82, 2.24) is 5.32 Å². The molecule has 0 aromatic heterocycles. The fourth-order valence-electron chi connectivity index (χ4n) is 2.70. The second kappa shape index (κ2) is 5.21. The molecule has 1 fully saturated rings. The van der Waals surface area contributed by atoms with E-state index in [9.17, 15) is 0 Å². The average molecular weight is 254 g/mol. The van der Waals surface area contributed by atoms with E-state index in [4.69, 9.17) is 4.99 Å². The van der Waals surface area contributed by atoms with Crippen LogP contribution in [0.15, 0.2) is 4.99 Å². The zero-order valence-electron chi connectivity index (χ0n) is 11.6. The van der Waals surface area contributed by atoms with Crippen LogP contribution < -0.4 is 5.32 Å². The molecule has 1 aliphatic heterocycles. The second-order valence-electron chi connectivity index (χ2n) is 6.00. The molecular formula is C14H26N2S. The summed E-state index contributed by atoms with van der Waals surface area (Å²) >= 11 is 1.98.